The second-order valence-corrected chi connectivity index (χ2v) is 2.14. The standard InChI is InChI=1S/C6H12N2O/c1-3-8-5-4-7(2)6(8)9/h4-6,9H,3H2,1-2H3. The summed E-state index contributed by atoms with van der Waals surface area (Å²) in [7, 11) is 1.84. The van der Waals surface area contributed by atoms with Gasteiger partial charge in [-0.3, -0.25) is 0 Å². The first-order valence-corrected chi connectivity index (χ1v) is 3.09. The molecule has 0 saturated carbocycles. The van der Waals surface area contributed by atoms with Gasteiger partial charge in [-0.1, -0.05) is 0 Å². The molecule has 0 amide bonds. The smallest absolute Gasteiger partial charge is 0.206 e. The molecule has 9 heavy (non-hydrogen) atoms. The van der Waals surface area contributed by atoms with Crippen LogP contribution in [-0.4, -0.2) is 34.9 Å². The van der Waals surface area contributed by atoms with Crippen molar-refractivity contribution in [2.24, 2.45) is 0 Å². The molecule has 0 aromatic heterocycles. The minimum Gasteiger partial charge on any atom is -0.356 e. The van der Waals surface area contributed by atoms with Crippen LogP contribution in [0.4, 0.5) is 0 Å². The third-order valence-electron chi connectivity index (χ3n) is 1.52. The van der Waals surface area contributed by atoms with E-state index in [9.17, 15) is 5.11 Å². The lowest BCUT2D eigenvalue weighted by Gasteiger charge is -2.23. The molecule has 1 aliphatic heterocycles. The number of hydrogen-bond donors (Lipinski definition) is 1. The van der Waals surface area contributed by atoms with E-state index in [0.717, 1.165) is 6.54 Å². The molecule has 0 aromatic rings. The summed E-state index contributed by atoms with van der Waals surface area (Å²) in [6.07, 6.45) is 3.29. The van der Waals surface area contributed by atoms with Crippen molar-refractivity contribution in [3.8, 4) is 0 Å². The van der Waals surface area contributed by atoms with Gasteiger partial charge in [-0.15, -0.1) is 0 Å². The van der Waals surface area contributed by atoms with Crippen LogP contribution in [0.25, 0.3) is 0 Å². The fourth-order valence-corrected chi connectivity index (χ4v) is 0.847. The van der Waals surface area contributed by atoms with Gasteiger partial charge in [0.15, 0.2) is 0 Å². The van der Waals surface area contributed by atoms with Gasteiger partial charge in [0.25, 0.3) is 0 Å². The minimum atomic E-state index is -0.449. The van der Waals surface area contributed by atoms with Crippen molar-refractivity contribution in [2.45, 2.75) is 13.3 Å². The lowest BCUT2D eigenvalue weighted by Crippen LogP contribution is -2.35. The molecule has 1 aliphatic rings. The number of hydrogen-bond acceptors (Lipinski definition) is 3. The first-order chi connectivity index (χ1) is 4.25. The second kappa shape index (κ2) is 2.27. The van der Waals surface area contributed by atoms with Crippen LogP contribution in [0.1, 0.15) is 6.92 Å². The Balaban J connectivity index is 2.51. The lowest BCUT2D eigenvalue weighted by molar-refractivity contribution is -0.0336. The summed E-state index contributed by atoms with van der Waals surface area (Å²) >= 11 is 0. The Kier molecular flexibility index (Phi) is 1.62. The Bertz CT molecular complexity index is 124. The Morgan fingerprint density at radius 1 is 1.56 bits per heavy atom. The topological polar surface area (TPSA) is 26.7 Å². The predicted octanol–water partition coefficient (Wildman–Crippen LogP) is 0.000800. The zero-order valence-electron chi connectivity index (χ0n) is 5.78. The number of aliphatic hydroxyl groups is 1. The highest BCUT2D eigenvalue weighted by Crippen LogP contribution is 2.08. The van der Waals surface area contributed by atoms with Crippen LogP contribution < -0.4 is 0 Å². The van der Waals surface area contributed by atoms with Crippen LogP contribution in [0.5, 0.6) is 0 Å². The molecule has 0 aromatic carbocycles. The molecule has 1 atom stereocenters. The normalized spacial score (nSPS) is 25.9. The highest BCUT2D eigenvalue weighted by molar-refractivity contribution is 4.90. The van der Waals surface area contributed by atoms with Crippen LogP contribution in [-0.2, 0) is 0 Å². The molecular formula is C6H12N2O. The monoisotopic (exact) mass is 128 g/mol. The first kappa shape index (κ1) is 6.42. The van der Waals surface area contributed by atoms with E-state index in [1.165, 1.54) is 0 Å². The zero-order valence-corrected chi connectivity index (χ0v) is 5.78. The summed E-state index contributed by atoms with van der Waals surface area (Å²) in [6, 6.07) is 0. The van der Waals surface area contributed by atoms with Gasteiger partial charge in [0.1, 0.15) is 0 Å². The Labute approximate surface area is 55.2 Å². The Morgan fingerprint density at radius 2 is 2.22 bits per heavy atom. The summed E-state index contributed by atoms with van der Waals surface area (Å²) in [5.74, 6) is 0. The van der Waals surface area contributed by atoms with Crippen molar-refractivity contribution in [3.05, 3.63) is 12.4 Å². The summed E-state index contributed by atoms with van der Waals surface area (Å²) in [5.41, 5.74) is 0. The lowest BCUT2D eigenvalue weighted by atomic mass is 10.6. The van der Waals surface area contributed by atoms with Crippen LogP contribution in [0.15, 0.2) is 12.4 Å². The second-order valence-electron chi connectivity index (χ2n) is 2.14. The highest BCUT2D eigenvalue weighted by Gasteiger charge is 2.17. The van der Waals surface area contributed by atoms with Gasteiger partial charge in [0.2, 0.25) is 6.35 Å². The summed E-state index contributed by atoms with van der Waals surface area (Å²) < 4.78 is 0. The Morgan fingerprint density at radius 3 is 2.44 bits per heavy atom. The van der Waals surface area contributed by atoms with Gasteiger partial charge in [0, 0.05) is 26.0 Å². The number of aliphatic hydroxyl groups excluding tert-OH is 1. The molecule has 0 aliphatic carbocycles. The third kappa shape index (κ3) is 1.00. The fourth-order valence-electron chi connectivity index (χ4n) is 0.847. The van der Waals surface area contributed by atoms with E-state index in [-0.39, 0.29) is 0 Å². The minimum absolute atomic E-state index is 0.449. The van der Waals surface area contributed by atoms with Gasteiger partial charge >= 0.3 is 0 Å². The van der Waals surface area contributed by atoms with Crippen LogP contribution in [0, 0.1) is 0 Å². The molecule has 0 fully saturated rings. The van der Waals surface area contributed by atoms with Gasteiger partial charge in [-0.25, -0.2) is 0 Å². The molecule has 0 bridgehead atoms. The van der Waals surface area contributed by atoms with Gasteiger partial charge in [0.05, 0.1) is 0 Å². The van der Waals surface area contributed by atoms with Crippen molar-refractivity contribution in [3.63, 3.8) is 0 Å². The molecule has 3 heteroatoms. The van der Waals surface area contributed by atoms with E-state index >= 15 is 0 Å². The third-order valence-corrected chi connectivity index (χ3v) is 1.52. The van der Waals surface area contributed by atoms with Crippen LogP contribution in [0.3, 0.4) is 0 Å². The molecule has 0 saturated heterocycles. The van der Waals surface area contributed by atoms with Crippen molar-refractivity contribution in [1.82, 2.24) is 9.80 Å². The molecule has 0 radical (unpaired) electrons. The van der Waals surface area contributed by atoms with Crippen LogP contribution >= 0.6 is 0 Å². The molecule has 3 nitrogen and oxygen atoms in total. The van der Waals surface area contributed by atoms with Gasteiger partial charge < -0.3 is 14.9 Å². The van der Waals surface area contributed by atoms with E-state index < -0.39 is 6.35 Å². The summed E-state index contributed by atoms with van der Waals surface area (Å²) in [4.78, 5) is 3.60. The van der Waals surface area contributed by atoms with Crippen molar-refractivity contribution in [2.75, 3.05) is 13.6 Å². The molecular weight excluding hydrogens is 116 g/mol. The fraction of sp³-hybridized carbons (Fsp3) is 0.667. The predicted molar refractivity (Wildman–Crippen MR) is 35.3 cm³/mol. The van der Waals surface area contributed by atoms with Gasteiger partial charge in [-0.2, -0.15) is 0 Å². The number of rotatable bonds is 1. The SMILES string of the molecule is CCN1C=CN(C)C1O. The maximum atomic E-state index is 9.25. The quantitative estimate of drug-likeness (QED) is 0.538. The van der Waals surface area contributed by atoms with Crippen LogP contribution in [0.2, 0.25) is 0 Å². The molecule has 52 valence electrons. The highest BCUT2D eigenvalue weighted by atomic mass is 16.3. The average Bonchev–Trinajstić information content (AvgIpc) is 2.15. The Hall–Kier alpha value is -0.700. The largest absolute Gasteiger partial charge is 0.356 e. The van der Waals surface area contributed by atoms with Crippen molar-refractivity contribution in [1.29, 1.82) is 0 Å². The van der Waals surface area contributed by atoms with Crippen molar-refractivity contribution < 1.29 is 5.11 Å². The van der Waals surface area contributed by atoms with E-state index in [1.807, 2.05) is 31.3 Å². The van der Waals surface area contributed by atoms with E-state index in [4.69, 9.17) is 0 Å². The molecule has 1 unspecified atom stereocenters. The summed E-state index contributed by atoms with van der Waals surface area (Å²) in [6.45, 7) is 2.86. The van der Waals surface area contributed by atoms with E-state index in [2.05, 4.69) is 0 Å². The average molecular weight is 128 g/mol. The first-order valence-electron chi connectivity index (χ1n) is 3.09. The molecule has 1 N–H and O–H groups in total. The molecule has 0 spiro atoms. The molecule has 1 rings (SSSR count). The van der Waals surface area contributed by atoms with E-state index in [1.54, 1.807) is 4.90 Å². The van der Waals surface area contributed by atoms with E-state index in [0.29, 0.717) is 0 Å². The summed E-state index contributed by atoms with van der Waals surface area (Å²) in [5, 5.41) is 9.25. The van der Waals surface area contributed by atoms with Gasteiger partial charge in [-0.05, 0) is 6.92 Å². The molecule has 1 heterocycles. The maximum absolute atomic E-state index is 9.25. The zero-order chi connectivity index (χ0) is 6.85. The number of nitrogens with zero attached hydrogens (tertiary/aromatic N) is 2. The maximum Gasteiger partial charge on any atom is 0.206 e. The van der Waals surface area contributed by atoms with Crippen molar-refractivity contribution >= 4 is 0 Å².